The number of aromatic nitrogens is 2. The van der Waals surface area contributed by atoms with Crippen molar-refractivity contribution in [2.24, 2.45) is 5.92 Å². The standard InChI is InChI=1S/C18H24N2O5S2/c1-18(2,3)27(22,23)17-16-15(19-9-20-17)13(8-26-16)11-5-12(14(21)6-11)7-25-10-24-4/h6,8-9,12,14,21H,5,7,10H2,1-4H3/t12-,14+/m1/s1. The lowest BCUT2D eigenvalue weighted by Gasteiger charge is -2.18. The molecule has 0 aliphatic heterocycles. The van der Waals surface area contributed by atoms with Crippen molar-refractivity contribution < 1.29 is 23.0 Å². The maximum absolute atomic E-state index is 12.9. The summed E-state index contributed by atoms with van der Waals surface area (Å²) >= 11 is 1.32. The largest absolute Gasteiger partial charge is 0.389 e. The lowest BCUT2D eigenvalue weighted by molar-refractivity contribution is -0.0528. The minimum atomic E-state index is -3.59. The molecule has 0 radical (unpaired) electrons. The number of ether oxygens (including phenoxy) is 2. The molecule has 0 unspecified atom stereocenters. The first-order valence-corrected chi connectivity index (χ1v) is 11.0. The molecule has 0 saturated carbocycles. The van der Waals surface area contributed by atoms with Crippen molar-refractivity contribution in [3.8, 4) is 0 Å². The van der Waals surface area contributed by atoms with Gasteiger partial charge >= 0.3 is 0 Å². The van der Waals surface area contributed by atoms with Crippen molar-refractivity contribution in [3.63, 3.8) is 0 Å². The second-order valence-corrected chi connectivity index (χ2v) is 11.0. The zero-order valence-corrected chi connectivity index (χ0v) is 17.4. The van der Waals surface area contributed by atoms with E-state index in [1.165, 1.54) is 17.7 Å². The highest BCUT2D eigenvalue weighted by Crippen LogP contribution is 2.40. The molecule has 2 aromatic heterocycles. The zero-order valence-electron chi connectivity index (χ0n) is 15.8. The molecule has 0 saturated heterocycles. The minimum absolute atomic E-state index is 0.0651. The Kier molecular flexibility index (Phi) is 5.69. The van der Waals surface area contributed by atoms with E-state index >= 15 is 0 Å². The molecule has 3 rings (SSSR count). The molecule has 1 aliphatic carbocycles. The van der Waals surface area contributed by atoms with Gasteiger partial charge < -0.3 is 14.6 Å². The van der Waals surface area contributed by atoms with Crippen LogP contribution in [0.5, 0.6) is 0 Å². The van der Waals surface area contributed by atoms with Gasteiger partial charge in [0.2, 0.25) is 9.84 Å². The van der Waals surface area contributed by atoms with Crippen molar-refractivity contribution in [3.05, 3.63) is 23.3 Å². The summed E-state index contributed by atoms with van der Waals surface area (Å²) in [6, 6.07) is 0. The van der Waals surface area contributed by atoms with E-state index in [1.54, 1.807) is 34.0 Å². The predicted octanol–water partition coefficient (Wildman–Crippen LogP) is 2.65. The molecule has 2 heterocycles. The van der Waals surface area contributed by atoms with Gasteiger partial charge in [0.05, 0.1) is 27.7 Å². The normalized spacial score (nSPS) is 21.0. The van der Waals surface area contributed by atoms with Gasteiger partial charge in [-0.3, -0.25) is 0 Å². The average molecular weight is 413 g/mol. The Hall–Kier alpha value is -1.39. The van der Waals surface area contributed by atoms with Crippen LogP contribution in [0.25, 0.3) is 15.8 Å². The van der Waals surface area contributed by atoms with E-state index in [9.17, 15) is 13.5 Å². The Balaban J connectivity index is 1.95. The smallest absolute Gasteiger partial charge is 0.202 e. The molecule has 0 spiro atoms. The molecule has 0 bridgehead atoms. The van der Waals surface area contributed by atoms with Crippen LogP contribution < -0.4 is 0 Å². The highest BCUT2D eigenvalue weighted by molar-refractivity contribution is 7.93. The number of thiophene rings is 1. The van der Waals surface area contributed by atoms with E-state index in [-0.39, 0.29) is 17.7 Å². The average Bonchev–Trinajstić information content (AvgIpc) is 3.17. The van der Waals surface area contributed by atoms with Crippen molar-refractivity contribution in [1.29, 1.82) is 0 Å². The Bertz CT molecular complexity index is 960. The van der Waals surface area contributed by atoms with Crippen LogP contribution in [0.1, 0.15) is 32.8 Å². The molecule has 27 heavy (non-hydrogen) atoms. The number of aliphatic hydroxyl groups is 1. The minimum Gasteiger partial charge on any atom is -0.389 e. The predicted molar refractivity (Wildman–Crippen MR) is 104 cm³/mol. The number of nitrogens with zero attached hydrogens (tertiary/aromatic N) is 2. The van der Waals surface area contributed by atoms with Crippen LogP contribution in [0.3, 0.4) is 0 Å². The van der Waals surface area contributed by atoms with Crippen LogP contribution in [0.2, 0.25) is 0 Å². The first-order chi connectivity index (χ1) is 12.7. The van der Waals surface area contributed by atoms with Gasteiger partial charge in [0, 0.05) is 24.0 Å². The number of hydrogen-bond donors (Lipinski definition) is 1. The molecule has 1 N–H and O–H groups in total. The first-order valence-electron chi connectivity index (χ1n) is 8.59. The molecule has 2 aromatic rings. The third-order valence-electron chi connectivity index (χ3n) is 4.60. The number of hydrogen-bond acceptors (Lipinski definition) is 8. The molecule has 1 aliphatic rings. The molecule has 9 heteroatoms. The van der Waals surface area contributed by atoms with Crippen LogP contribution in [-0.2, 0) is 19.3 Å². The topological polar surface area (TPSA) is 98.6 Å². The summed E-state index contributed by atoms with van der Waals surface area (Å²) < 4.78 is 35.6. The van der Waals surface area contributed by atoms with Gasteiger partial charge in [-0.2, -0.15) is 0 Å². The molecular formula is C18H24N2O5S2. The monoisotopic (exact) mass is 412 g/mol. The number of methoxy groups -OCH3 is 1. The van der Waals surface area contributed by atoms with Crippen molar-refractivity contribution >= 4 is 37.0 Å². The summed E-state index contributed by atoms with van der Waals surface area (Å²) in [5.74, 6) is -0.0651. The van der Waals surface area contributed by atoms with Crippen molar-refractivity contribution in [2.75, 3.05) is 20.5 Å². The van der Waals surface area contributed by atoms with Gasteiger partial charge in [0.15, 0.2) is 5.03 Å². The fourth-order valence-corrected chi connectivity index (χ4v) is 5.50. The highest BCUT2D eigenvalue weighted by atomic mass is 32.2. The summed E-state index contributed by atoms with van der Waals surface area (Å²) in [7, 11) is -2.04. The Morgan fingerprint density at radius 2 is 2.07 bits per heavy atom. The van der Waals surface area contributed by atoms with Gasteiger partial charge in [-0.15, -0.1) is 11.3 Å². The Morgan fingerprint density at radius 3 is 2.74 bits per heavy atom. The highest BCUT2D eigenvalue weighted by Gasteiger charge is 2.35. The number of fused-ring (bicyclic) bond motifs is 1. The molecule has 0 fully saturated rings. The fraction of sp³-hybridized carbons (Fsp3) is 0.556. The molecule has 148 valence electrons. The van der Waals surface area contributed by atoms with Gasteiger partial charge in [0.25, 0.3) is 0 Å². The molecule has 2 atom stereocenters. The zero-order chi connectivity index (χ0) is 19.8. The maximum atomic E-state index is 12.9. The Morgan fingerprint density at radius 1 is 1.33 bits per heavy atom. The van der Waals surface area contributed by atoms with Gasteiger partial charge in [-0.1, -0.05) is 6.08 Å². The molecule has 0 aromatic carbocycles. The SMILES string of the molecule is COCOC[C@H]1CC(c2csc3c(S(=O)(=O)C(C)(C)C)ncnc23)=C[C@@H]1O. The van der Waals surface area contributed by atoms with Crippen LogP contribution in [0, 0.1) is 5.92 Å². The third-order valence-corrected chi connectivity index (χ3v) is 8.13. The second kappa shape index (κ2) is 7.56. The number of aliphatic hydroxyl groups excluding tert-OH is 1. The molecule has 0 amide bonds. The quantitative estimate of drug-likeness (QED) is 0.442. The van der Waals surface area contributed by atoms with Crippen LogP contribution in [-0.4, -0.2) is 54.9 Å². The summed E-state index contributed by atoms with van der Waals surface area (Å²) in [6.45, 7) is 5.54. The number of rotatable bonds is 6. The van der Waals surface area contributed by atoms with Crippen LogP contribution in [0.15, 0.2) is 22.8 Å². The molecule has 7 nitrogen and oxygen atoms in total. The first kappa shape index (κ1) is 20.3. The Labute approximate surface area is 163 Å². The van der Waals surface area contributed by atoms with Crippen molar-refractivity contribution in [2.45, 2.75) is 43.1 Å². The second-order valence-electron chi connectivity index (χ2n) is 7.55. The van der Waals surface area contributed by atoms with E-state index < -0.39 is 20.7 Å². The summed E-state index contributed by atoms with van der Waals surface area (Å²) in [5, 5.41) is 12.2. The van der Waals surface area contributed by atoms with E-state index in [2.05, 4.69) is 9.97 Å². The number of allylic oxidation sites excluding steroid dienone is 1. The van der Waals surface area contributed by atoms with Crippen molar-refractivity contribution in [1.82, 2.24) is 9.97 Å². The lowest BCUT2D eigenvalue weighted by Crippen LogP contribution is -2.28. The molecular weight excluding hydrogens is 388 g/mol. The van der Waals surface area contributed by atoms with E-state index in [4.69, 9.17) is 9.47 Å². The van der Waals surface area contributed by atoms with Gasteiger partial charge in [0.1, 0.15) is 13.1 Å². The van der Waals surface area contributed by atoms with E-state index in [0.29, 0.717) is 23.2 Å². The lowest BCUT2D eigenvalue weighted by atomic mass is 10.0. The maximum Gasteiger partial charge on any atom is 0.202 e. The number of sulfone groups is 1. The van der Waals surface area contributed by atoms with E-state index in [1.807, 2.05) is 5.38 Å². The van der Waals surface area contributed by atoms with E-state index in [0.717, 1.165) is 11.1 Å². The summed E-state index contributed by atoms with van der Waals surface area (Å²) in [4.78, 5) is 8.40. The summed E-state index contributed by atoms with van der Waals surface area (Å²) in [5.41, 5.74) is 2.39. The van der Waals surface area contributed by atoms with Crippen LogP contribution >= 0.6 is 11.3 Å². The van der Waals surface area contributed by atoms with Gasteiger partial charge in [-0.25, -0.2) is 18.4 Å². The fourth-order valence-electron chi connectivity index (χ4n) is 2.99. The third kappa shape index (κ3) is 3.79. The summed E-state index contributed by atoms with van der Waals surface area (Å²) in [6.07, 6.45) is 3.10. The van der Waals surface area contributed by atoms with Gasteiger partial charge in [-0.05, 0) is 32.8 Å². The van der Waals surface area contributed by atoms with Crippen LogP contribution in [0.4, 0.5) is 0 Å².